The summed E-state index contributed by atoms with van der Waals surface area (Å²) in [5, 5.41) is 20.8. The molecule has 4 unspecified atom stereocenters. The number of aliphatic hydroxyl groups excluding tert-OH is 2. The highest BCUT2D eigenvalue weighted by molar-refractivity contribution is 5.69. The molecule has 0 aliphatic carbocycles. The van der Waals surface area contributed by atoms with E-state index in [1.54, 1.807) is 0 Å². The third-order valence-corrected chi connectivity index (χ3v) is 13.2. The molecule has 6 N–H and O–H groups in total. The summed E-state index contributed by atoms with van der Waals surface area (Å²) in [6.45, 7) is 15.2. The average molecular weight is 911 g/mol. The summed E-state index contributed by atoms with van der Waals surface area (Å²) < 4.78 is 11.6. The minimum absolute atomic E-state index is 0.0606. The van der Waals surface area contributed by atoms with Crippen molar-refractivity contribution in [1.82, 2.24) is 9.80 Å². The Hall–Kier alpha value is -1.30. The summed E-state index contributed by atoms with van der Waals surface area (Å²) in [6.07, 6.45) is 37.5. The molecular formula is C54H110N4O6. The van der Waals surface area contributed by atoms with Crippen molar-refractivity contribution in [3.63, 3.8) is 0 Å². The number of rotatable bonds is 51. The molecule has 0 aromatic heterocycles. The first-order chi connectivity index (χ1) is 31.2. The monoisotopic (exact) mass is 911 g/mol. The largest absolute Gasteiger partial charge is 0.465 e. The fourth-order valence-electron chi connectivity index (χ4n) is 8.90. The van der Waals surface area contributed by atoms with Crippen LogP contribution in [0.15, 0.2) is 0 Å². The van der Waals surface area contributed by atoms with Crippen LogP contribution in [0.1, 0.15) is 246 Å². The number of ether oxygens (including phenoxy) is 2. The molecule has 0 spiro atoms. The lowest BCUT2D eigenvalue weighted by Crippen LogP contribution is -2.39. The van der Waals surface area contributed by atoms with E-state index in [0.29, 0.717) is 51.0 Å². The molecule has 0 fully saturated rings. The lowest BCUT2D eigenvalue weighted by molar-refractivity contribution is -0.146. The molecule has 10 nitrogen and oxygen atoms in total. The van der Waals surface area contributed by atoms with Crippen molar-refractivity contribution in [2.24, 2.45) is 23.3 Å². The SMILES string of the molecule is CCCCCCCCC(CCCCCC)COC(=O)CCCCCN(CCCCN(CCCCCC(=O)OCC(CCCCCC)CCCCCCCC)CC(O)CN)CC(O)CN. The van der Waals surface area contributed by atoms with Gasteiger partial charge in [0.15, 0.2) is 0 Å². The second-order valence-corrected chi connectivity index (χ2v) is 19.6. The molecule has 0 aliphatic rings. The van der Waals surface area contributed by atoms with Crippen LogP contribution in [0.2, 0.25) is 0 Å². The van der Waals surface area contributed by atoms with Crippen molar-refractivity contribution in [1.29, 1.82) is 0 Å². The van der Waals surface area contributed by atoms with Crippen molar-refractivity contribution in [2.75, 3.05) is 65.6 Å². The average Bonchev–Trinajstić information content (AvgIpc) is 3.29. The second kappa shape index (κ2) is 48.2. The van der Waals surface area contributed by atoms with Crippen molar-refractivity contribution in [3.8, 4) is 0 Å². The predicted molar refractivity (Wildman–Crippen MR) is 272 cm³/mol. The number of carbonyl (C=O) groups is 2. The molecule has 382 valence electrons. The van der Waals surface area contributed by atoms with Gasteiger partial charge in [0.2, 0.25) is 0 Å². The van der Waals surface area contributed by atoms with Gasteiger partial charge >= 0.3 is 11.9 Å². The molecule has 0 aliphatic heterocycles. The van der Waals surface area contributed by atoms with Gasteiger partial charge in [-0.1, -0.05) is 169 Å². The molecular weight excluding hydrogens is 801 g/mol. The van der Waals surface area contributed by atoms with E-state index in [-0.39, 0.29) is 25.0 Å². The predicted octanol–water partition coefficient (Wildman–Crippen LogP) is 11.9. The third kappa shape index (κ3) is 42.1. The fraction of sp³-hybridized carbons (Fsp3) is 0.963. The molecule has 0 rings (SSSR count). The highest BCUT2D eigenvalue weighted by Gasteiger charge is 2.16. The molecule has 0 heterocycles. The summed E-state index contributed by atoms with van der Waals surface area (Å²) in [4.78, 5) is 30.0. The van der Waals surface area contributed by atoms with Crippen molar-refractivity contribution < 1.29 is 29.3 Å². The normalized spacial score (nSPS) is 13.7. The molecule has 0 radical (unpaired) electrons. The van der Waals surface area contributed by atoms with Gasteiger partial charge in [-0.2, -0.15) is 0 Å². The Kier molecular flexibility index (Phi) is 47.2. The van der Waals surface area contributed by atoms with Gasteiger partial charge in [0.05, 0.1) is 25.4 Å². The number of esters is 2. The molecule has 0 saturated heterocycles. The van der Waals surface area contributed by atoms with E-state index < -0.39 is 12.2 Å². The number of nitrogens with zero attached hydrogens (tertiary/aromatic N) is 2. The number of hydrogen-bond acceptors (Lipinski definition) is 10. The maximum absolute atomic E-state index is 12.7. The number of carbonyl (C=O) groups excluding carboxylic acids is 2. The van der Waals surface area contributed by atoms with Crippen LogP contribution in [0.3, 0.4) is 0 Å². The summed E-state index contributed by atoms with van der Waals surface area (Å²) in [7, 11) is 0. The van der Waals surface area contributed by atoms with E-state index in [9.17, 15) is 19.8 Å². The Morgan fingerprint density at radius 3 is 0.984 bits per heavy atom. The van der Waals surface area contributed by atoms with Crippen LogP contribution >= 0.6 is 0 Å². The highest BCUT2D eigenvalue weighted by atomic mass is 16.5. The zero-order valence-electron chi connectivity index (χ0n) is 43.0. The van der Waals surface area contributed by atoms with E-state index in [2.05, 4.69) is 37.5 Å². The minimum atomic E-state index is -0.559. The van der Waals surface area contributed by atoms with Crippen LogP contribution in [0.4, 0.5) is 0 Å². The van der Waals surface area contributed by atoms with Gasteiger partial charge in [-0.05, 0) is 102 Å². The maximum Gasteiger partial charge on any atom is 0.305 e. The number of aliphatic hydroxyl groups is 2. The summed E-state index contributed by atoms with van der Waals surface area (Å²) in [5.74, 6) is 0.855. The van der Waals surface area contributed by atoms with Crippen LogP contribution in [0.5, 0.6) is 0 Å². The van der Waals surface area contributed by atoms with E-state index in [1.165, 1.54) is 154 Å². The Bertz CT molecular complexity index is 915. The van der Waals surface area contributed by atoms with Gasteiger partial charge in [-0.3, -0.25) is 9.59 Å². The van der Waals surface area contributed by atoms with Gasteiger partial charge in [-0.15, -0.1) is 0 Å². The lowest BCUT2D eigenvalue weighted by Gasteiger charge is -2.27. The summed E-state index contributed by atoms with van der Waals surface area (Å²) >= 11 is 0. The van der Waals surface area contributed by atoms with Crippen molar-refractivity contribution in [2.45, 2.75) is 258 Å². The Morgan fingerprint density at radius 2 is 0.672 bits per heavy atom. The van der Waals surface area contributed by atoms with E-state index >= 15 is 0 Å². The maximum atomic E-state index is 12.7. The van der Waals surface area contributed by atoms with Crippen LogP contribution in [0, 0.1) is 11.8 Å². The van der Waals surface area contributed by atoms with Crippen molar-refractivity contribution >= 4 is 11.9 Å². The van der Waals surface area contributed by atoms with Crippen LogP contribution in [-0.4, -0.2) is 110 Å². The third-order valence-electron chi connectivity index (χ3n) is 13.2. The van der Waals surface area contributed by atoms with Crippen molar-refractivity contribution in [3.05, 3.63) is 0 Å². The van der Waals surface area contributed by atoms with E-state index in [4.69, 9.17) is 20.9 Å². The number of nitrogens with two attached hydrogens (primary N) is 2. The molecule has 0 amide bonds. The van der Waals surface area contributed by atoms with Crippen LogP contribution < -0.4 is 11.5 Å². The highest BCUT2D eigenvalue weighted by Crippen LogP contribution is 2.22. The Balaban J connectivity index is 4.66. The quantitative estimate of drug-likeness (QED) is 0.0343. The topological polar surface area (TPSA) is 152 Å². The first-order valence-corrected chi connectivity index (χ1v) is 27.7. The second-order valence-electron chi connectivity index (χ2n) is 19.6. The molecule has 64 heavy (non-hydrogen) atoms. The molecule has 0 bridgehead atoms. The van der Waals surface area contributed by atoms with Crippen LogP contribution in [0.25, 0.3) is 0 Å². The molecule has 0 saturated carbocycles. The summed E-state index contributed by atoms with van der Waals surface area (Å²) in [5.41, 5.74) is 11.6. The molecule has 10 heteroatoms. The summed E-state index contributed by atoms with van der Waals surface area (Å²) in [6, 6.07) is 0. The Morgan fingerprint density at radius 1 is 0.406 bits per heavy atom. The van der Waals surface area contributed by atoms with Crippen LogP contribution in [-0.2, 0) is 19.1 Å². The smallest absolute Gasteiger partial charge is 0.305 e. The first kappa shape index (κ1) is 62.7. The molecule has 0 aromatic carbocycles. The Labute approximate surface area is 396 Å². The van der Waals surface area contributed by atoms with Gasteiger partial charge in [-0.25, -0.2) is 0 Å². The molecule has 0 aromatic rings. The standard InChI is InChI=1S/C54H110N4O6/c1-5-9-13-17-19-25-35-49(33-23-15-11-7-3)47-63-53(61)37-27-21-29-39-57(45-51(59)43-55)41-31-32-42-58(46-52(60)44-56)40-30-22-28-38-54(62)64-48-50(34-24-16-12-8-4)36-26-20-18-14-10-6-2/h49-52,59-60H,5-48,55-56H2,1-4H3. The zero-order chi connectivity index (χ0) is 47.1. The van der Waals surface area contributed by atoms with Gasteiger partial charge in [0, 0.05) is 39.0 Å². The lowest BCUT2D eigenvalue weighted by atomic mass is 9.95. The van der Waals surface area contributed by atoms with E-state index in [0.717, 1.165) is 77.5 Å². The zero-order valence-corrected chi connectivity index (χ0v) is 43.0. The fourth-order valence-corrected chi connectivity index (χ4v) is 8.90. The van der Waals surface area contributed by atoms with Gasteiger partial charge in [0.25, 0.3) is 0 Å². The van der Waals surface area contributed by atoms with E-state index in [1.807, 2.05) is 0 Å². The number of hydrogen-bond donors (Lipinski definition) is 4. The molecule has 4 atom stereocenters. The minimum Gasteiger partial charge on any atom is -0.465 e. The van der Waals surface area contributed by atoms with Gasteiger partial charge in [0.1, 0.15) is 0 Å². The van der Waals surface area contributed by atoms with Gasteiger partial charge < -0.3 is 41.0 Å². The first-order valence-electron chi connectivity index (χ1n) is 27.7. The number of unbranched alkanes of at least 4 members (excludes halogenated alkanes) is 21.